The van der Waals surface area contributed by atoms with Gasteiger partial charge in [-0.05, 0) is 32.0 Å². The van der Waals surface area contributed by atoms with Crippen molar-refractivity contribution in [3.8, 4) is 0 Å². The van der Waals surface area contributed by atoms with Crippen molar-refractivity contribution < 1.29 is 4.79 Å². The second-order valence-corrected chi connectivity index (χ2v) is 3.97. The van der Waals surface area contributed by atoms with Gasteiger partial charge in [0.25, 0.3) is 0 Å². The highest BCUT2D eigenvalue weighted by Crippen LogP contribution is 2.11. The first-order chi connectivity index (χ1) is 8.16. The summed E-state index contributed by atoms with van der Waals surface area (Å²) in [5.74, 6) is -0.0701. The summed E-state index contributed by atoms with van der Waals surface area (Å²) < 4.78 is 1.66. The maximum absolute atomic E-state index is 12.0. The van der Waals surface area contributed by atoms with Crippen LogP contribution in [0.25, 0.3) is 0 Å². The van der Waals surface area contributed by atoms with Crippen molar-refractivity contribution in [2.24, 2.45) is 0 Å². The molecular formula is C13H15N3O. The molecule has 0 saturated heterocycles. The number of aromatic nitrogens is 2. The van der Waals surface area contributed by atoms with Gasteiger partial charge < -0.3 is 5.32 Å². The highest BCUT2D eigenvalue weighted by atomic mass is 16.2. The Morgan fingerprint density at radius 3 is 2.59 bits per heavy atom. The maximum Gasteiger partial charge on any atom is 0.248 e. The number of hydrogen-bond donors (Lipinski definition) is 1. The zero-order chi connectivity index (χ0) is 12.3. The molecule has 17 heavy (non-hydrogen) atoms. The second kappa shape index (κ2) is 4.82. The van der Waals surface area contributed by atoms with Gasteiger partial charge in [0.05, 0.1) is 5.69 Å². The molecule has 88 valence electrons. The predicted octanol–water partition coefficient (Wildman–Crippen LogP) is 2.39. The van der Waals surface area contributed by atoms with Gasteiger partial charge in [-0.3, -0.25) is 9.48 Å². The number of aryl methyl sites for hydroxylation is 1. The van der Waals surface area contributed by atoms with Gasteiger partial charge in [-0.15, -0.1) is 0 Å². The van der Waals surface area contributed by atoms with Crippen LogP contribution in [0, 0.1) is 6.92 Å². The average molecular weight is 229 g/mol. The lowest BCUT2D eigenvalue weighted by Crippen LogP contribution is -2.24. The topological polar surface area (TPSA) is 46.9 Å². The molecule has 4 nitrogen and oxygen atoms in total. The van der Waals surface area contributed by atoms with E-state index in [4.69, 9.17) is 0 Å². The molecule has 1 aromatic heterocycles. The molecule has 2 aromatic rings. The van der Waals surface area contributed by atoms with Crippen molar-refractivity contribution in [1.29, 1.82) is 0 Å². The van der Waals surface area contributed by atoms with Crippen LogP contribution in [-0.2, 0) is 4.79 Å². The van der Waals surface area contributed by atoms with Crippen LogP contribution >= 0.6 is 0 Å². The number of anilines is 1. The van der Waals surface area contributed by atoms with E-state index in [0.717, 1.165) is 11.4 Å². The van der Waals surface area contributed by atoms with Crippen LogP contribution in [-0.4, -0.2) is 15.7 Å². The summed E-state index contributed by atoms with van der Waals surface area (Å²) in [5.41, 5.74) is 1.71. The standard InChI is InChI=1S/C13H15N3O/c1-10-8-9-16(15-10)11(2)13(17)14-12-6-4-3-5-7-12/h3-9,11H,1-2H3,(H,14,17). The normalized spacial score (nSPS) is 12.1. The summed E-state index contributed by atoms with van der Waals surface area (Å²) in [7, 11) is 0. The minimum Gasteiger partial charge on any atom is -0.324 e. The van der Waals surface area contributed by atoms with Gasteiger partial charge >= 0.3 is 0 Å². The van der Waals surface area contributed by atoms with Gasteiger partial charge in [0.2, 0.25) is 5.91 Å². The van der Waals surface area contributed by atoms with E-state index in [0.29, 0.717) is 0 Å². The zero-order valence-corrected chi connectivity index (χ0v) is 9.92. The highest BCUT2D eigenvalue weighted by Gasteiger charge is 2.15. The second-order valence-electron chi connectivity index (χ2n) is 3.97. The van der Waals surface area contributed by atoms with Crippen LogP contribution in [0.2, 0.25) is 0 Å². The van der Waals surface area contributed by atoms with Gasteiger partial charge in [-0.25, -0.2) is 0 Å². The monoisotopic (exact) mass is 229 g/mol. The van der Waals surface area contributed by atoms with Crippen molar-refractivity contribution in [2.45, 2.75) is 19.9 Å². The third kappa shape index (κ3) is 2.72. The molecule has 0 aliphatic carbocycles. The number of nitrogens with zero attached hydrogens (tertiary/aromatic N) is 2. The Hall–Kier alpha value is -2.10. The first-order valence-corrected chi connectivity index (χ1v) is 5.54. The van der Waals surface area contributed by atoms with Gasteiger partial charge in [-0.2, -0.15) is 5.10 Å². The molecule has 1 amide bonds. The molecule has 0 saturated carbocycles. The molecule has 2 rings (SSSR count). The van der Waals surface area contributed by atoms with Crippen molar-refractivity contribution in [3.63, 3.8) is 0 Å². The minimum absolute atomic E-state index is 0.0701. The van der Waals surface area contributed by atoms with E-state index >= 15 is 0 Å². The molecular weight excluding hydrogens is 214 g/mol. The van der Waals surface area contributed by atoms with Crippen LogP contribution < -0.4 is 5.32 Å². The molecule has 1 atom stereocenters. The molecule has 0 aliphatic rings. The van der Waals surface area contributed by atoms with Crippen molar-refractivity contribution in [1.82, 2.24) is 9.78 Å². The summed E-state index contributed by atoms with van der Waals surface area (Å²) >= 11 is 0. The van der Waals surface area contributed by atoms with E-state index in [9.17, 15) is 4.79 Å². The Morgan fingerprint density at radius 1 is 1.29 bits per heavy atom. The number of rotatable bonds is 3. The Labute approximate surface area is 100 Å². The zero-order valence-electron chi connectivity index (χ0n) is 9.92. The molecule has 0 bridgehead atoms. The number of amides is 1. The summed E-state index contributed by atoms with van der Waals surface area (Å²) in [4.78, 5) is 12.0. The number of hydrogen-bond acceptors (Lipinski definition) is 2. The molecule has 1 aromatic carbocycles. The largest absolute Gasteiger partial charge is 0.324 e. The number of para-hydroxylation sites is 1. The fourth-order valence-corrected chi connectivity index (χ4v) is 1.54. The highest BCUT2D eigenvalue weighted by molar-refractivity contribution is 5.93. The first-order valence-electron chi connectivity index (χ1n) is 5.54. The lowest BCUT2D eigenvalue weighted by Gasteiger charge is -2.12. The van der Waals surface area contributed by atoms with E-state index in [1.165, 1.54) is 0 Å². The van der Waals surface area contributed by atoms with Crippen LogP contribution in [0.3, 0.4) is 0 Å². The van der Waals surface area contributed by atoms with E-state index < -0.39 is 0 Å². The third-order valence-corrected chi connectivity index (χ3v) is 2.56. The summed E-state index contributed by atoms with van der Waals surface area (Å²) in [5, 5.41) is 7.08. The lowest BCUT2D eigenvalue weighted by molar-refractivity contribution is -0.119. The Kier molecular flexibility index (Phi) is 3.23. The summed E-state index contributed by atoms with van der Waals surface area (Å²) in [6.07, 6.45) is 1.81. The van der Waals surface area contributed by atoms with Gasteiger partial charge in [0, 0.05) is 11.9 Å². The molecule has 4 heteroatoms. The number of benzene rings is 1. The van der Waals surface area contributed by atoms with E-state index in [-0.39, 0.29) is 11.9 Å². The Morgan fingerprint density at radius 2 is 2.00 bits per heavy atom. The van der Waals surface area contributed by atoms with Crippen LogP contribution in [0.15, 0.2) is 42.6 Å². The minimum atomic E-state index is -0.316. The van der Waals surface area contributed by atoms with Crippen molar-refractivity contribution >= 4 is 11.6 Å². The van der Waals surface area contributed by atoms with Crippen LogP contribution in [0.5, 0.6) is 0 Å². The molecule has 0 fully saturated rings. The number of nitrogens with one attached hydrogen (secondary N) is 1. The van der Waals surface area contributed by atoms with E-state index in [2.05, 4.69) is 10.4 Å². The number of carbonyl (C=O) groups is 1. The van der Waals surface area contributed by atoms with Crippen molar-refractivity contribution in [2.75, 3.05) is 5.32 Å². The van der Waals surface area contributed by atoms with Gasteiger partial charge in [0.1, 0.15) is 6.04 Å². The van der Waals surface area contributed by atoms with Gasteiger partial charge in [-0.1, -0.05) is 18.2 Å². The molecule has 0 spiro atoms. The molecule has 1 N–H and O–H groups in total. The smallest absolute Gasteiger partial charge is 0.248 e. The molecule has 1 unspecified atom stereocenters. The molecule has 0 radical (unpaired) electrons. The molecule has 1 heterocycles. The molecule has 0 aliphatic heterocycles. The third-order valence-electron chi connectivity index (χ3n) is 2.56. The number of carbonyl (C=O) groups excluding carboxylic acids is 1. The Balaban J connectivity index is 2.06. The fraction of sp³-hybridized carbons (Fsp3) is 0.231. The van der Waals surface area contributed by atoms with E-state index in [1.807, 2.05) is 56.4 Å². The SMILES string of the molecule is Cc1ccn(C(C)C(=O)Nc2ccccc2)n1. The average Bonchev–Trinajstić information content (AvgIpc) is 2.76. The van der Waals surface area contributed by atoms with Gasteiger partial charge in [0.15, 0.2) is 0 Å². The quantitative estimate of drug-likeness (QED) is 0.878. The van der Waals surface area contributed by atoms with Crippen LogP contribution in [0.4, 0.5) is 5.69 Å². The Bertz CT molecular complexity index is 504. The van der Waals surface area contributed by atoms with E-state index in [1.54, 1.807) is 4.68 Å². The predicted molar refractivity (Wildman–Crippen MR) is 66.7 cm³/mol. The summed E-state index contributed by atoms with van der Waals surface area (Å²) in [6, 6.07) is 11.0. The summed E-state index contributed by atoms with van der Waals surface area (Å²) in [6.45, 7) is 3.73. The first kappa shape index (κ1) is 11.4. The lowest BCUT2D eigenvalue weighted by atomic mass is 10.3. The fourth-order valence-electron chi connectivity index (χ4n) is 1.54. The van der Waals surface area contributed by atoms with Crippen LogP contribution in [0.1, 0.15) is 18.7 Å². The van der Waals surface area contributed by atoms with Crippen molar-refractivity contribution in [3.05, 3.63) is 48.3 Å². The maximum atomic E-state index is 12.0.